The molecule has 1 aromatic rings. The summed E-state index contributed by atoms with van der Waals surface area (Å²) in [5, 5.41) is 7.44. The molecular weight excluding hydrogens is 218 g/mol. The van der Waals surface area contributed by atoms with Gasteiger partial charge in [-0.15, -0.1) is 0 Å². The quantitative estimate of drug-likeness (QED) is 0.798. The van der Waals surface area contributed by atoms with Gasteiger partial charge in [0.15, 0.2) is 0 Å². The van der Waals surface area contributed by atoms with Gasteiger partial charge in [0.1, 0.15) is 5.54 Å². The maximum Gasteiger partial charge on any atom is 0.326 e. The molecule has 0 radical (unpaired) electrons. The number of carbonyl (C=O) groups excluding carboxylic acids is 1. The second-order valence-electron chi connectivity index (χ2n) is 4.72. The highest BCUT2D eigenvalue weighted by molar-refractivity contribution is 5.81. The topological polar surface area (TPSA) is 56.1 Å². The fourth-order valence-corrected chi connectivity index (χ4v) is 2.59. The smallest absolute Gasteiger partial charge is 0.326 e. The molecule has 1 fully saturated rings. The van der Waals surface area contributed by atoms with Gasteiger partial charge in [0.05, 0.1) is 19.3 Å². The third kappa shape index (κ3) is 2.07. The standard InChI is InChI=1S/C12H19N3O2/c1-9-7-14-15(8-9)10-4-5-12(6-10,13-2)11(16)17-3/h7-8,10,13H,4-6H2,1-3H3. The summed E-state index contributed by atoms with van der Waals surface area (Å²) in [4.78, 5) is 11.8. The number of methoxy groups -OCH3 is 1. The number of hydrogen-bond donors (Lipinski definition) is 1. The number of nitrogens with one attached hydrogen (secondary N) is 1. The highest BCUT2D eigenvalue weighted by atomic mass is 16.5. The van der Waals surface area contributed by atoms with Crippen LogP contribution in [0.4, 0.5) is 0 Å². The highest BCUT2D eigenvalue weighted by Crippen LogP contribution is 2.38. The van der Waals surface area contributed by atoms with Crippen molar-refractivity contribution in [1.82, 2.24) is 15.1 Å². The fraction of sp³-hybridized carbons (Fsp3) is 0.667. The Morgan fingerprint density at radius 3 is 3.00 bits per heavy atom. The summed E-state index contributed by atoms with van der Waals surface area (Å²) in [6.07, 6.45) is 6.33. The van der Waals surface area contributed by atoms with E-state index in [0.29, 0.717) is 0 Å². The molecule has 1 saturated carbocycles. The lowest BCUT2D eigenvalue weighted by molar-refractivity contribution is -0.148. The Balaban J connectivity index is 2.15. The monoisotopic (exact) mass is 237 g/mol. The van der Waals surface area contributed by atoms with Crippen LogP contribution in [-0.4, -0.2) is 35.4 Å². The zero-order valence-electron chi connectivity index (χ0n) is 10.6. The number of likely N-dealkylation sites (N-methyl/N-ethyl adjacent to an activating group) is 1. The summed E-state index contributed by atoms with van der Waals surface area (Å²) in [6.45, 7) is 2.02. The van der Waals surface area contributed by atoms with Crippen LogP contribution in [0, 0.1) is 6.92 Å². The third-order valence-electron chi connectivity index (χ3n) is 3.65. The van der Waals surface area contributed by atoms with Crippen molar-refractivity contribution in [2.24, 2.45) is 0 Å². The molecule has 1 aromatic heterocycles. The van der Waals surface area contributed by atoms with Crippen molar-refractivity contribution in [3.05, 3.63) is 18.0 Å². The Bertz CT molecular complexity index is 416. The van der Waals surface area contributed by atoms with E-state index in [2.05, 4.69) is 10.4 Å². The molecule has 0 amide bonds. The van der Waals surface area contributed by atoms with Crippen LogP contribution in [0.3, 0.4) is 0 Å². The van der Waals surface area contributed by atoms with Crippen molar-refractivity contribution < 1.29 is 9.53 Å². The molecule has 0 spiro atoms. The van der Waals surface area contributed by atoms with Gasteiger partial charge >= 0.3 is 5.97 Å². The van der Waals surface area contributed by atoms with Gasteiger partial charge in [0.25, 0.3) is 0 Å². The average molecular weight is 237 g/mol. The van der Waals surface area contributed by atoms with Crippen LogP contribution in [0.5, 0.6) is 0 Å². The molecule has 1 aliphatic carbocycles. The van der Waals surface area contributed by atoms with E-state index >= 15 is 0 Å². The van der Waals surface area contributed by atoms with Gasteiger partial charge in [-0.05, 0) is 38.8 Å². The maximum absolute atomic E-state index is 11.8. The molecule has 2 unspecified atom stereocenters. The minimum absolute atomic E-state index is 0.175. The lowest BCUT2D eigenvalue weighted by atomic mass is 9.98. The molecule has 0 aliphatic heterocycles. The van der Waals surface area contributed by atoms with Gasteiger partial charge in [-0.2, -0.15) is 5.10 Å². The fourth-order valence-electron chi connectivity index (χ4n) is 2.59. The van der Waals surface area contributed by atoms with Crippen LogP contribution >= 0.6 is 0 Å². The van der Waals surface area contributed by atoms with Crippen molar-refractivity contribution in [3.63, 3.8) is 0 Å². The van der Waals surface area contributed by atoms with Crippen LogP contribution in [0.25, 0.3) is 0 Å². The van der Waals surface area contributed by atoms with Crippen LogP contribution < -0.4 is 5.32 Å². The lowest BCUT2D eigenvalue weighted by Gasteiger charge is -2.25. The molecule has 17 heavy (non-hydrogen) atoms. The number of rotatable bonds is 3. The number of aryl methyl sites for hydroxylation is 1. The number of esters is 1. The molecule has 1 N–H and O–H groups in total. The summed E-state index contributed by atoms with van der Waals surface area (Å²) in [5.41, 5.74) is 0.601. The van der Waals surface area contributed by atoms with Crippen LogP contribution in [0.2, 0.25) is 0 Å². The molecule has 1 aliphatic rings. The van der Waals surface area contributed by atoms with Gasteiger partial charge < -0.3 is 10.1 Å². The van der Waals surface area contributed by atoms with Crippen molar-refractivity contribution in [3.8, 4) is 0 Å². The normalized spacial score (nSPS) is 28.3. The van der Waals surface area contributed by atoms with Gasteiger partial charge in [-0.25, -0.2) is 0 Å². The van der Waals surface area contributed by atoms with Gasteiger partial charge in [0.2, 0.25) is 0 Å². The molecule has 0 bridgehead atoms. The number of nitrogens with zero attached hydrogens (tertiary/aromatic N) is 2. The Morgan fingerprint density at radius 2 is 2.47 bits per heavy atom. The molecular formula is C12H19N3O2. The minimum atomic E-state index is -0.542. The maximum atomic E-state index is 11.8. The first-order chi connectivity index (χ1) is 8.11. The molecule has 2 atom stereocenters. The molecule has 0 saturated heterocycles. The first-order valence-corrected chi connectivity index (χ1v) is 5.89. The molecule has 1 heterocycles. The van der Waals surface area contributed by atoms with Gasteiger partial charge in [-0.1, -0.05) is 0 Å². The van der Waals surface area contributed by atoms with Crippen molar-refractivity contribution in [1.29, 1.82) is 0 Å². The Kier molecular flexibility index (Phi) is 3.19. The molecule has 0 aromatic carbocycles. The van der Waals surface area contributed by atoms with Crippen LogP contribution in [-0.2, 0) is 9.53 Å². The van der Waals surface area contributed by atoms with Gasteiger partial charge in [0, 0.05) is 6.20 Å². The van der Waals surface area contributed by atoms with E-state index in [0.717, 1.165) is 24.8 Å². The zero-order chi connectivity index (χ0) is 12.5. The first-order valence-electron chi connectivity index (χ1n) is 5.89. The van der Waals surface area contributed by atoms with Gasteiger partial charge in [-0.3, -0.25) is 9.48 Å². The summed E-state index contributed by atoms with van der Waals surface area (Å²) in [5.74, 6) is -0.175. The number of carbonyl (C=O) groups is 1. The second kappa shape index (κ2) is 4.49. The molecule has 94 valence electrons. The van der Waals surface area contributed by atoms with E-state index in [-0.39, 0.29) is 12.0 Å². The van der Waals surface area contributed by atoms with E-state index in [1.165, 1.54) is 7.11 Å². The summed E-state index contributed by atoms with van der Waals surface area (Å²) >= 11 is 0. The Morgan fingerprint density at radius 1 is 1.71 bits per heavy atom. The number of aromatic nitrogens is 2. The first kappa shape index (κ1) is 12.1. The molecule has 5 nitrogen and oxygen atoms in total. The average Bonchev–Trinajstić information content (AvgIpc) is 2.94. The Labute approximate surface area is 101 Å². The zero-order valence-corrected chi connectivity index (χ0v) is 10.6. The minimum Gasteiger partial charge on any atom is -0.468 e. The van der Waals surface area contributed by atoms with Crippen LogP contribution in [0.15, 0.2) is 12.4 Å². The van der Waals surface area contributed by atoms with E-state index in [4.69, 9.17) is 4.74 Å². The Hall–Kier alpha value is -1.36. The molecule has 2 rings (SSSR count). The van der Waals surface area contributed by atoms with Crippen molar-refractivity contribution >= 4 is 5.97 Å². The highest BCUT2D eigenvalue weighted by Gasteiger charge is 2.45. The number of ether oxygens (including phenoxy) is 1. The van der Waals surface area contributed by atoms with Crippen molar-refractivity contribution in [2.45, 2.75) is 37.8 Å². The lowest BCUT2D eigenvalue weighted by Crippen LogP contribution is -2.49. The van der Waals surface area contributed by atoms with E-state index in [9.17, 15) is 4.79 Å². The molecule has 5 heteroatoms. The van der Waals surface area contributed by atoms with E-state index in [1.54, 1.807) is 0 Å². The number of hydrogen-bond acceptors (Lipinski definition) is 4. The van der Waals surface area contributed by atoms with Crippen molar-refractivity contribution in [2.75, 3.05) is 14.2 Å². The summed E-state index contributed by atoms with van der Waals surface area (Å²) < 4.78 is 6.84. The predicted octanol–water partition coefficient (Wildman–Crippen LogP) is 1.05. The summed E-state index contributed by atoms with van der Waals surface area (Å²) in [6, 6.07) is 0.273. The summed E-state index contributed by atoms with van der Waals surface area (Å²) in [7, 11) is 3.25. The largest absolute Gasteiger partial charge is 0.468 e. The second-order valence-corrected chi connectivity index (χ2v) is 4.72. The third-order valence-corrected chi connectivity index (χ3v) is 3.65. The van der Waals surface area contributed by atoms with E-state index < -0.39 is 5.54 Å². The van der Waals surface area contributed by atoms with Crippen LogP contribution in [0.1, 0.15) is 30.9 Å². The van der Waals surface area contributed by atoms with E-state index in [1.807, 2.05) is 31.0 Å². The SMILES string of the molecule is CNC1(C(=O)OC)CCC(n2cc(C)cn2)C1. The predicted molar refractivity (Wildman–Crippen MR) is 63.7 cm³/mol.